The molecule has 3 N–H and O–H groups in total. The highest BCUT2D eigenvalue weighted by Crippen LogP contribution is 2.22. The summed E-state index contributed by atoms with van der Waals surface area (Å²) >= 11 is 0. The second-order valence-electron chi connectivity index (χ2n) is 6.52. The maximum Gasteiger partial charge on any atom is 0.408 e. The van der Waals surface area contributed by atoms with Gasteiger partial charge in [-0.1, -0.05) is 0 Å². The van der Waals surface area contributed by atoms with Gasteiger partial charge < -0.3 is 20.5 Å². The number of carbonyl (C=O) groups excluding carboxylic acids is 2. The van der Waals surface area contributed by atoms with Gasteiger partial charge in [-0.2, -0.15) is 0 Å². The number of carboxylic acids is 1. The zero-order chi connectivity index (χ0) is 17.0. The topological polar surface area (TPSA) is 108 Å². The first-order valence-electron chi connectivity index (χ1n) is 7.25. The van der Waals surface area contributed by atoms with Crippen molar-refractivity contribution < 1.29 is 24.2 Å². The number of nitrogens with one attached hydrogen (secondary N) is 2. The second kappa shape index (κ2) is 6.95. The monoisotopic (exact) mass is 315 g/mol. The third-order valence-electron chi connectivity index (χ3n) is 3.30. The fourth-order valence-corrected chi connectivity index (χ4v) is 2.30. The first-order chi connectivity index (χ1) is 10.0. The molecule has 1 aliphatic rings. The normalized spacial score (nSPS) is 22.2. The van der Waals surface area contributed by atoms with E-state index in [4.69, 9.17) is 4.74 Å². The van der Waals surface area contributed by atoms with E-state index in [-0.39, 0.29) is 12.5 Å². The molecule has 8 nitrogen and oxygen atoms in total. The molecule has 1 rings (SSSR count). The summed E-state index contributed by atoms with van der Waals surface area (Å²) in [6.07, 6.45) is -0.444. The highest BCUT2D eigenvalue weighted by molar-refractivity contribution is 5.85. The van der Waals surface area contributed by atoms with Crippen molar-refractivity contribution in [2.45, 2.75) is 45.3 Å². The summed E-state index contributed by atoms with van der Waals surface area (Å²) in [5.74, 6) is -1.21. The first-order valence-corrected chi connectivity index (χ1v) is 7.25. The van der Waals surface area contributed by atoms with Gasteiger partial charge in [0.2, 0.25) is 5.91 Å². The number of ether oxygens (including phenoxy) is 1. The van der Waals surface area contributed by atoms with Crippen molar-refractivity contribution in [3.63, 3.8) is 0 Å². The van der Waals surface area contributed by atoms with Gasteiger partial charge in [-0.05, 0) is 27.2 Å². The zero-order valence-corrected chi connectivity index (χ0v) is 13.6. The molecule has 1 saturated heterocycles. The molecule has 0 spiro atoms. The van der Waals surface area contributed by atoms with Crippen LogP contribution in [0.2, 0.25) is 0 Å². The Bertz CT molecular complexity index is 446. The number of alkyl carbamates (subject to hydrolysis) is 1. The van der Waals surface area contributed by atoms with Crippen LogP contribution in [0.5, 0.6) is 0 Å². The summed E-state index contributed by atoms with van der Waals surface area (Å²) in [6, 6.07) is 0. The molecule has 0 saturated carbocycles. The molecule has 1 unspecified atom stereocenters. The quantitative estimate of drug-likeness (QED) is 0.668. The van der Waals surface area contributed by atoms with E-state index < -0.39 is 23.2 Å². The third kappa shape index (κ3) is 5.51. The molecular weight excluding hydrogens is 290 g/mol. The van der Waals surface area contributed by atoms with Gasteiger partial charge in [-0.15, -0.1) is 0 Å². The van der Waals surface area contributed by atoms with Gasteiger partial charge in [-0.3, -0.25) is 9.69 Å². The average Bonchev–Trinajstić information content (AvgIpc) is 2.70. The van der Waals surface area contributed by atoms with E-state index in [0.29, 0.717) is 26.1 Å². The lowest BCUT2D eigenvalue weighted by atomic mass is 9.99. The lowest BCUT2D eigenvalue weighted by Gasteiger charge is -2.28. The molecule has 2 amide bonds. The Balaban J connectivity index is 2.61. The number of nitrogens with zero attached hydrogens (tertiary/aromatic N) is 1. The molecule has 0 aromatic rings. The standard InChI is InChI=1S/C14H25N3O5/c1-10(18)15-6-8-17-7-5-14(9-17,11(19)20)16-12(21)22-13(2,3)4/h5-9H2,1-4H3,(H,15,18)(H,16,21)(H,19,20). The van der Waals surface area contributed by atoms with Gasteiger partial charge in [0, 0.05) is 33.1 Å². The third-order valence-corrected chi connectivity index (χ3v) is 3.30. The summed E-state index contributed by atoms with van der Waals surface area (Å²) in [4.78, 5) is 36.2. The largest absolute Gasteiger partial charge is 0.479 e. The van der Waals surface area contributed by atoms with Gasteiger partial charge in [0.25, 0.3) is 0 Å². The maximum atomic E-state index is 11.9. The summed E-state index contributed by atoms with van der Waals surface area (Å²) in [6.45, 7) is 8.26. The Morgan fingerprint density at radius 2 is 1.95 bits per heavy atom. The minimum absolute atomic E-state index is 0.129. The van der Waals surface area contributed by atoms with E-state index in [9.17, 15) is 19.5 Å². The fraction of sp³-hybridized carbons (Fsp3) is 0.786. The Hall–Kier alpha value is -1.83. The Morgan fingerprint density at radius 1 is 1.32 bits per heavy atom. The van der Waals surface area contributed by atoms with Crippen molar-refractivity contribution in [3.05, 3.63) is 0 Å². The lowest BCUT2D eigenvalue weighted by Crippen LogP contribution is -2.57. The minimum atomic E-state index is -1.35. The van der Waals surface area contributed by atoms with Crippen molar-refractivity contribution in [3.8, 4) is 0 Å². The number of aliphatic carboxylic acids is 1. The minimum Gasteiger partial charge on any atom is -0.479 e. The zero-order valence-electron chi connectivity index (χ0n) is 13.6. The molecule has 1 atom stereocenters. The highest BCUT2D eigenvalue weighted by atomic mass is 16.6. The van der Waals surface area contributed by atoms with Crippen molar-refractivity contribution >= 4 is 18.0 Å². The van der Waals surface area contributed by atoms with Gasteiger partial charge in [-0.25, -0.2) is 9.59 Å². The Labute approximate surface area is 130 Å². The Morgan fingerprint density at radius 3 is 2.45 bits per heavy atom. The van der Waals surface area contributed by atoms with Crippen LogP contribution in [0.4, 0.5) is 4.79 Å². The lowest BCUT2D eigenvalue weighted by molar-refractivity contribution is -0.144. The molecule has 0 radical (unpaired) electrons. The number of carbonyl (C=O) groups is 3. The van der Waals surface area contributed by atoms with Crippen LogP contribution in [-0.4, -0.2) is 65.3 Å². The fourth-order valence-electron chi connectivity index (χ4n) is 2.30. The molecule has 1 heterocycles. The first kappa shape index (κ1) is 18.2. The number of hydrogen-bond acceptors (Lipinski definition) is 5. The van der Waals surface area contributed by atoms with E-state index in [1.165, 1.54) is 6.92 Å². The smallest absolute Gasteiger partial charge is 0.408 e. The molecule has 1 fully saturated rings. The molecule has 0 aromatic carbocycles. The molecule has 0 aliphatic carbocycles. The molecule has 0 bridgehead atoms. The summed E-state index contributed by atoms with van der Waals surface area (Å²) in [5, 5.41) is 14.6. The number of hydrogen-bond donors (Lipinski definition) is 3. The van der Waals surface area contributed by atoms with Crippen LogP contribution in [0.3, 0.4) is 0 Å². The molecule has 22 heavy (non-hydrogen) atoms. The molecular formula is C14H25N3O5. The predicted molar refractivity (Wildman–Crippen MR) is 79.5 cm³/mol. The maximum absolute atomic E-state index is 11.9. The van der Waals surface area contributed by atoms with Crippen molar-refractivity contribution in [1.29, 1.82) is 0 Å². The van der Waals surface area contributed by atoms with Gasteiger partial charge >= 0.3 is 12.1 Å². The molecule has 126 valence electrons. The number of likely N-dealkylation sites (tertiary alicyclic amines) is 1. The van der Waals surface area contributed by atoms with Crippen LogP contribution in [0.1, 0.15) is 34.1 Å². The molecule has 1 aliphatic heterocycles. The number of carboxylic acid groups (broad SMARTS) is 1. The number of amides is 2. The Kier molecular flexibility index (Phi) is 5.76. The highest BCUT2D eigenvalue weighted by Gasteiger charge is 2.46. The molecule has 0 aromatic heterocycles. The van der Waals surface area contributed by atoms with E-state index in [2.05, 4.69) is 10.6 Å². The SMILES string of the molecule is CC(=O)NCCN1CCC(NC(=O)OC(C)(C)C)(C(=O)O)C1. The van der Waals surface area contributed by atoms with E-state index in [1.54, 1.807) is 20.8 Å². The van der Waals surface area contributed by atoms with Gasteiger partial charge in [0.1, 0.15) is 5.60 Å². The van der Waals surface area contributed by atoms with E-state index >= 15 is 0 Å². The van der Waals surface area contributed by atoms with Crippen molar-refractivity contribution in [2.75, 3.05) is 26.2 Å². The summed E-state index contributed by atoms with van der Waals surface area (Å²) in [5.41, 5.74) is -2.04. The van der Waals surface area contributed by atoms with Crippen LogP contribution in [0, 0.1) is 0 Å². The van der Waals surface area contributed by atoms with E-state index in [0.717, 1.165) is 0 Å². The van der Waals surface area contributed by atoms with Crippen LogP contribution < -0.4 is 10.6 Å². The van der Waals surface area contributed by atoms with Crippen LogP contribution >= 0.6 is 0 Å². The van der Waals surface area contributed by atoms with Gasteiger partial charge in [0.15, 0.2) is 5.54 Å². The van der Waals surface area contributed by atoms with Gasteiger partial charge in [0.05, 0.1) is 0 Å². The van der Waals surface area contributed by atoms with Crippen LogP contribution in [-0.2, 0) is 14.3 Å². The average molecular weight is 315 g/mol. The predicted octanol–water partition coefficient (Wildman–Crippen LogP) is 0.176. The number of rotatable bonds is 5. The van der Waals surface area contributed by atoms with E-state index in [1.807, 2.05) is 4.90 Å². The second-order valence-corrected chi connectivity index (χ2v) is 6.52. The summed E-state index contributed by atoms with van der Waals surface area (Å²) < 4.78 is 5.13. The molecule has 8 heteroatoms. The van der Waals surface area contributed by atoms with Crippen molar-refractivity contribution in [1.82, 2.24) is 15.5 Å². The van der Waals surface area contributed by atoms with Crippen molar-refractivity contribution in [2.24, 2.45) is 0 Å². The summed E-state index contributed by atoms with van der Waals surface area (Å²) in [7, 11) is 0. The van der Waals surface area contributed by atoms with Crippen LogP contribution in [0.25, 0.3) is 0 Å². The van der Waals surface area contributed by atoms with Crippen LogP contribution in [0.15, 0.2) is 0 Å².